The molecule has 0 aliphatic heterocycles. The van der Waals surface area contributed by atoms with Crippen molar-refractivity contribution in [3.05, 3.63) is 12.4 Å². The summed E-state index contributed by atoms with van der Waals surface area (Å²) >= 11 is 1.55. The molecular formula is C6H11BF4N2O2S. The van der Waals surface area contributed by atoms with Gasteiger partial charge in [-0.25, -0.2) is 0 Å². The van der Waals surface area contributed by atoms with Crippen molar-refractivity contribution in [3.63, 3.8) is 0 Å². The Balaban J connectivity index is 0.000000385. The molecule has 0 amide bonds. The molecule has 0 fully saturated rings. The van der Waals surface area contributed by atoms with E-state index in [1.54, 1.807) is 47.8 Å². The van der Waals surface area contributed by atoms with Crippen LogP contribution in [0.5, 0.6) is 0 Å². The molecule has 94 valence electrons. The number of halogens is 4. The summed E-state index contributed by atoms with van der Waals surface area (Å²) in [7, 11) is -2.78. The maximum Gasteiger partial charge on any atom is 0.673 e. The molecule has 1 heterocycles. The summed E-state index contributed by atoms with van der Waals surface area (Å²) < 4.78 is 42.3. The molecule has 0 saturated carbocycles. The molecule has 0 saturated heterocycles. The van der Waals surface area contributed by atoms with Crippen LogP contribution in [-0.2, 0) is 0 Å². The van der Waals surface area contributed by atoms with E-state index in [0.29, 0.717) is 0 Å². The summed E-state index contributed by atoms with van der Waals surface area (Å²) in [5.41, 5.74) is 0. The van der Waals surface area contributed by atoms with Gasteiger partial charge in [-0.15, -0.1) is 0 Å². The topological polar surface area (TPSA) is 27.3 Å². The zero-order valence-electron chi connectivity index (χ0n) is 8.86. The molecule has 0 aliphatic rings. The first-order valence-corrected chi connectivity index (χ1v) is 5.19. The standard InChI is InChI=1S/C6H11N2O2S.BF4/c1-9-7-4-5-8(10-2)6(7)11-3;2-1(3,4)5/h4-5H,1-3H3;/q+1;-1. The number of thioether (sulfide) groups is 1. The van der Waals surface area contributed by atoms with Crippen LogP contribution >= 0.6 is 11.8 Å². The third kappa shape index (κ3) is 5.74. The van der Waals surface area contributed by atoms with Gasteiger partial charge in [0.1, 0.15) is 14.2 Å². The fourth-order valence-electron chi connectivity index (χ4n) is 0.804. The predicted molar refractivity (Wildman–Crippen MR) is 51.6 cm³/mol. The zero-order valence-corrected chi connectivity index (χ0v) is 9.68. The van der Waals surface area contributed by atoms with E-state index in [2.05, 4.69) is 0 Å². The Kier molecular flexibility index (Phi) is 6.08. The molecule has 0 unspecified atom stereocenters. The zero-order chi connectivity index (χ0) is 12.8. The lowest BCUT2D eigenvalue weighted by molar-refractivity contribution is -0.914. The Morgan fingerprint density at radius 3 is 2.12 bits per heavy atom. The molecule has 0 atom stereocenters. The van der Waals surface area contributed by atoms with E-state index in [0.717, 1.165) is 5.16 Å². The lowest BCUT2D eigenvalue weighted by atomic mass is 10.3. The van der Waals surface area contributed by atoms with Gasteiger partial charge >= 0.3 is 12.4 Å². The van der Waals surface area contributed by atoms with Crippen molar-refractivity contribution < 1.29 is 31.7 Å². The van der Waals surface area contributed by atoms with Crippen LogP contribution in [-0.4, -0.2) is 32.5 Å². The van der Waals surface area contributed by atoms with Gasteiger partial charge < -0.3 is 26.9 Å². The van der Waals surface area contributed by atoms with Crippen molar-refractivity contribution in [3.8, 4) is 0 Å². The number of hydrogen-bond acceptors (Lipinski definition) is 3. The summed E-state index contributed by atoms with van der Waals surface area (Å²) in [6.07, 6.45) is 5.53. The first-order chi connectivity index (χ1) is 7.33. The minimum atomic E-state index is -6.00. The third-order valence-electron chi connectivity index (χ3n) is 1.29. The molecule has 0 aromatic carbocycles. The van der Waals surface area contributed by atoms with Gasteiger partial charge in [-0.3, -0.25) is 0 Å². The number of imidazole rings is 1. The Hall–Kier alpha value is -1.06. The van der Waals surface area contributed by atoms with E-state index in [1.165, 1.54) is 0 Å². The molecule has 0 aliphatic carbocycles. The van der Waals surface area contributed by atoms with Crippen LogP contribution in [0.4, 0.5) is 17.3 Å². The average Bonchev–Trinajstić information content (AvgIpc) is 2.56. The van der Waals surface area contributed by atoms with Crippen molar-refractivity contribution >= 4 is 19.0 Å². The van der Waals surface area contributed by atoms with Crippen molar-refractivity contribution in [2.75, 3.05) is 20.5 Å². The number of nitrogens with zero attached hydrogens (tertiary/aromatic N) is 2. The number of rotatable bonds is 3. The second kappa shape index (κ2) is 6.51. The van der Waals surface area contributed by atoms with E-state index in [-0.39, 0.29) is 0 Å². The van der Waals surface area contributed by atoms with Crippen LogP contribution in [0.3, 0.4) is 0 Å². The van der Waals surface area contributed by atoms with Crippen LogP contribution in [0.25, 0.3) is 0 Å². The van der Waals surface area contributed by atoms with Crippen LogP contribution < -0.4 is 14.4 Å². The normalized spacial score (nSPS) is 10.4. The molecule has 1 rings (SSSR count). The molecule has 1 aromatic heterocycles. The van der Waals surface area contributed by atoms with E-state index in [1.807, 2.05) is 6.26 Å². The van der Waals surface area contributed by atoms with Gasteiger partial charge in [0.15, 0.2) is 12.4 Å². The van der Waals surface area contributed by atoms with E-state index in [9.17, 15) is 17.3 Å². The van der Waals surface area contributed by atoms with Gasteiger partial charge in [0.05, 0.1) is 0 Å². The minimum absolute atomic E-state index is 0.898. The van der Waals surface area contributed by atoms with Gasteiger partial charge in [0, 0.05) is 0 Å². The van der Waals surface area contributed by atoms with Crippen molar-refractivity contribution in [1.82, 2.24) is 4.73 Å². The Labute approximate surface area is 94.2 Å². The third-order valence-corrected chi connectivity index (χ3v) is 2.02. The molecular weight excluding hydrogens is 251 g/mol. The average molecular weight is 262 g/mol. The van der Waals surface area contributed by atoms with Crippen molar-refractivity contribution in [2.45, 2.75) is 5.16 Å². The van der Waals surface area contributed by atoms with E-state index >= 15 is 0 Å². The second-order valence-corrected chi connectivity index (χ2v) is 3.07. The highest BCUT2D eigenvalue weighted by Gasteiger charge is 2.20. The Bertz CT molecular complexity index is 292. The predicted octanol–water partition coefficient (Wildman–Crippen LogP) is 0.914. The smallest absolute Gasteiger partial charge is 0.418 e. The van der Waals surface area contributed by atoms with E-state index in [4.69, 9.17) is 9.68 Å². The van der Waals surface area contributed by atoms with Crippen molar-refractivity contribution in [2.24, 2.45) is 0 Å². The van der Waals surface area contributed by atoms with Gasteiger partial charge in [-0.1, -0.05) is 0 Å². The Morgan fingerprint density at radius 1 is 1.31 bits per heavy atom. The highest BCUT2D eigenvalue weighted by atomic mass is 32.2. The quantitative estimate of drug-likeness (QED) is 0.351. The fraction of sp³-hybridized carbons (Fsp3) is 0.500. The van der Waals surface area contributed by atoms with Gasteiger partial charge in [-0.05, 0) is 27.5 Å². The van der Waals surface area contributed by atoms with Crippen LogP contribution in [0.2, 0.25) is 0 Å². The molecule has 10 heteroatoms. The van der Waals surface area contributed by atoms with Crippen LogP contribution in [0.15, 0.2) is 17.6 Å². The number of aromatic nitrogens is 2. The first-order valence-electron chi connectivity index (χ1n) is 3.96. The highest BCUT2D eigenvalue weighted by Crippen LogP contribution is 2.07. The van der Waals surface area contributed by atoms with Crippen molar-refractivity contribution in [1.29, 1.82) is 0 Å². The summed E-state index contributed by atoms with van der Waals surface area (Å²) in [4.78, 5) is 10.0. The minimum Gasteiger partial charge on any atom is -0.418 e. The molecule has 0 spiro atoms. The fourth-order valence-corrected chi connectivity index (χ4v) is 1.43. The highest BCUT2D eigenvalue weighted by molar-refractivity contribution is 7.98. The first kappa shape index (κ1) is 14.9. The lowest BCUT2D eigenvalue weighted by Crippen LogP contribution is -2.41. The molecule has 16 heavy (non-hydrogen) atoms. The largest absolute Gasteiger partial charge is 0.673 e. The van der Waals surface area contributed by atoms with Gasteiger partial charge in [0.25, 0.3) is 0 Å². The summed E-state index contributed by atoms with van der Waals surface area (Å²) in [6.45, 7) is 0. The second-order valence-electron chi connectivity index (χ2n) is 2.30. The lowest BCUT2D eigenvalue weighted by Gasteiger charge is -1.95. The number of hydrogen-bond donors (Lipinski definition) is 0. The molecule has 4 nitrogen and oxygen atoms in total. The monoisotopic (exact) mass is 262 g/mol. The molecule has 0 radical (unpaired) electrons. The Morgan fingerprint density at radius 2 is 1.81 bits per heavy atom. The maximum absolute atomic E-state index is 9.75. The summed E-state index contributed by atoms with van der Waals surface area (Å²) in [5.74, 6) is 0. The van der Waals surface area contributed by atoms with Crippen LogP contribution in [0, 0.1) is 0 Å². The van der Waals surface area contributed by atoms with Crippen LogP contribution in [0.1, 0.15) is 0 Å². The summed E-state index contributed by atoms with van der Waals surface area (Å²) in [6, 6.07) is 0. The molecule has 1 aromatic rings. The van der Waals surface area contributed by atoms with Gasteiger partial charge in [0.2, 0.25) is 0 Å². The summed E-state index contributed by atoms with van der Waals surface area (Å²) in [5, 5.41) is 0.898. The molecule has 0 bridgehead atoms. The van der Waals surface area contributed by atoms with Gasteiger partial charge in [-0.2, -0.15) is 0 Å². The van der Waals surface area contributed by atoms with E-state index < -0.39 is 7.25 Å². The molecule has 0 N–H and O–H groups in total. The SMILES string of the molecule is COn1cc[n+](OC)c1SC.F[B-](F)(F)F. The maximum atomic E-state index is 9.75.